The van der Waals surface area contributed by atoms with Gasteiger partial charge in [-0.1, -0.05) is 62.3 Å². The van der Waals surface area contributed by atoms with E-state index in [9.17, 15) is 0 Å². The average Bonchev–Trinajstić information content (AvgIpc) is 2.96. The van der Waals surface area contributed by atoms with E-state index in [-0.39, 0.29) is 36.4 Å². The van der Waals surface area contributed by atoms with Crippen molar-refractivity contribution in [3.63, 3.8) is 0 Å². The van der Waals surface area contributed by atoms with E-state index in [0.717, 1.165) is 39.4 Å². The van der Waals surface area contributed by atoms with Crippen LogP contribution < -0.4 is 0 Å². The van der Waals surface area contributed by atoms with Gasteiger partial charge in [-0.3, -0.25) is 15.0 Å². The zero-order valence-electron chi connectivity index (χ0n) is 19.2. The number of aromatic nitrogens is 6. The van der Waals surface area contributed by atoms with Crippen molar-refractivity contribution in [2.75, 3.05) is 0 Å². The Morgan fingerprint density at radius 2 is 1.50 bits per heavy atom. The molecular weight excluding hydrogens is 553 g/mol. The minimum Gasteiger partial charge on any atom is -0.338 e. The summed E-state index contributed by atoms with van der Waals surface area (Å²) in [6, 6.07) is 2.07. The number of rotatable bonds is 0. The summed E-state index contributed by atoms with van der Waals surface area (Å²) in [6.07, 6.45) is 5.08. The van der Waals surface area contributed by atoms with Gasteiger partial charge in [0.2, 0.25) is 0 Å². The Balaban J connectivity index is 0.00000256. The summed E-state index contributed by atoms with van der Waals surface area (Å²) in [5, 5.41) is 0.736. The molecule has 4 aromatic heterocycles. The van der Waals surface area contributed by atoms with Crippen LogP contribution in [0, 0.1) is 6.20 Å². The number of nitrogens with zero attached hydrogens (tertiary/aromatic N) is 6. The van der Waals surface area contributed by atoms with Gasteiger partial charge in [-0.05, 0) is 23.1 Å². The van der Waals surface area contributed by atoms with Crippen LogP contribution in [0.25, 0.3) is 27.7 Å². The van der Waals surface area contributed by atoms with Gasteiger partial charge >= 0.3 is 0 Å². The molecule has 0 fully saturated rings. The number of imidazole rings is 1. The van der Waals surface area contributed by atoms with Gasteiger partial charge in [-0.2, -0.15) is 0 Å². The summed E-state index contributed by atoms with van der Waals surface area (Å²) in [5.74, 6) is 1.63. The van der Waals surface area contributed by atoms with Crippen molar-refractivity contribution in [2.24, 2.45) is 0 Å². The van der Waals surface area contributed by atoms with Crippen molar-refractivity contribution in [1.29, 1.82) is 0 Å². The molecule has 161 valence electrons. The Morgan fingerprint density at radius 3 is 2.07 bits per heavy atom. The molecular formula is C23H29IrN6-. The van der Waals surface area contributed by atoms with Crippen LogP contribution in [0.1, 0.15) is 79.7 Å². The quantitative estimate of drug-likeness (QED) is 0.276. The third-order valence-corrected chi connectivity index (χ3v) is 5.01. The second-order valence-electron chi connectivity index (χ2n) is 10.9. The van der Waals surface area contributed by atoms with Crippen molar-refractivity contribution in [3.8, 4) is 0 Å². The van der Waals surface area contributed by atoms with Crippen LogP contribution in [-0.2, 0) is 36.4 Å². The van der Waals surface area contributed by atoms with Gasteiger partial charge in [0.1, 0.15) is 5.82 Å². The second kappa shape index (κ2) is 7.03. The molecule has 1 radical (unpaired) electrons. The van der Waals surface area contributed by atoms with Crippen LogP contribution in [0.2, 0.25) is 0 Å². The standard InChI is InChI=1S/C23H29N6.Ir/c1-21(2,3)16-10-14-15(12-24-16)29-18(26-14)13-11-25-19(22(4,5)6)27-17(13)28-20(29)23(7,8)9;/h10,12H,1-9H3;/q-1;. The topological polar surface area (TPSA) is 68.9 Å². The maximum absolute atomic E-state index is 4.96. The predicted octanol–water partition coefficient (Wildman–Crippen LogP) is 4.91. The Morgan fingerprint density at radius 1 is 0.833 bits per heavy atom. The Bertz CT molecular complexity index is 1250. The molecule has 7 heteroatoms. The molecule has 4 rings (SSSR count). The van der Waals surface area contributed by atoms with Gasteiger partial charge in [0.15, 0.2) is 0 Å². The summed E-state index contributed by atoms with van der Waals surface area (Å²) in [6.45, 7) is 19.2. The Labute approximate surface area is 191 Å². The summed E-state index contributed by atoms with van der Waals surface area (Å²) in [5.41, 5.74) is 3.86. The third-order valence-electron chi connectivity index (χ3n) is 5.01. The number of fused-ring (bicyclic) bond motifs is 5. The maximum atomic E-state index is 4.96. The third kappa shape index (κ3) is 3.74. The van der Waals surface area contributed by atoms with E-state index in [1.54, 1.807) is 0 Å². The van der Waals surface area contributed by atoms with Gasteiger partial charge < -0.3 is 14.4 Å². The molecule has 0 saturated heterocycles. The van der Waals surface area contributed by atoms with Crippen molar-refractivity contribution < 1.29 is 20.1 Å². The monoisotopic (exact) mass is 582 g/mol. The first-order valence-corrected chi connectivity index (χ1v) is 10.1. The summed E-state index contributed by atoms with van der Waals surface area (Å²) < 4.78 is 2.09. The summed E-state index contributed by atoms with van der Waals surface area (Å²) in [7, 11) is 0. The van der Waals surface area contributed by atoms with Crippen molar-refractivity contribution in [1.82, 2.24) is 29.3 Å². The van der Waals surface area contributed by atoms with E-state index in [0.29, 0.717) is 5.65 Å². The van der Waals surface area contributed by atoms with Gasteiger partial charge in [-0.15, -0.1) is 0 Å². The largest absolute Gasteiger partial charge is 0.338 e. The fraction of sp³-hybridized carbons (Fsp3) is 0.522. The molecule has 30 heavy (non-hydrogen) atoms. The van der Waals surface area contributed by atoms with Crippen molar-refractivity contribution in [3.05, 3.63) is 35.8 Å². The molecule has 0 aliphatic heterocycles. The first kappa shape index (κ1) is 22.7. The van der Waals surface area contributed by atoms with Crippen LogP contribution in [0.4, 0.5) is 0 Å². The predicted molar refractivity (Wildman–Crippen MR) is 116 cm³/mol. The van der Waals surface area contributed by atoms with E-state index in [1.807, 2.05) is 6.20 Å². The van der Waals surface area contributed by atoms with Crippen LogP contribution in [0.3, 0.4) is 0 Å². The van der Waals surface area contributed by atoms with Crippen molar-refractivity contribution >= 4 is 27.7 Å². The normalized spacial score (nSPS) is 13.2. The van der Waals surface area contributed by atoms with Gasteiger partial charge in [0.05, 0.1) is 34.3 Å². The molecule has 0 atom stereocenters. The van der Waals surface area contributed by atoms with Crippen LogP contribution in [0.15, 0.2) is 12.3 Å². The molecule has 0 bridgehead atoms. The molecule has 0 spiro atoms. The van der Waals surface area contributed by atoms with E-state index in [1.165, 1.54) is 0 Å². The minimum absolute atomic E-state index is 0. The molecule has 0 aliphatic carbocycles. The van der Waals surface area contributed by atoms with Gasteiger partial charge in [0, 0.05) is 36.6 Å². The fourth-order valence-electron chi connectivity index (χ4n) is 3.33. The van der Waals surface area contributed by atoms with Crippen molar-refractivity contribution in [2.45, 2.75) is 78.6 Å². The van der Waals surface area contributed by atoms with Gasteiger partial charge in [0.25, 0.3) is 0 Å². The van der Waals surface area contributed by atoms with Crippen LogP contribution in [0.5, 0.6) is 0 Å². The molecule has 0 N–H and O–H groups in total. The molecule has 0 saturated carbocycles. The average molecular weight is 582 g/mol. The fourth-order valence-corrected chi connectivity index (χ4v) is 3.33. The summed E-state index contributed by atoms with van der Waals surface area (Å²) >= 11 is 0. The number of hydrogen-bond donors (Lipinski definition) is 0. The number of hydrogen-bond acceptors (Lipinski definition) is 5. The Hall–Kier alpha value is -1.98. The molecule has 0 amide bonds. The summed E-state index contributed by atoms with van der Waals surface area (Å²) in [4.78, 5) is 23.9. The zero-order valence-corrected chi connectivity index (χ0v) is 21.6. The molecule has 4 aromatic rings. The van der Waals surface area contributed by atoms with E-state index >= 15 is 0 Å². The molecule has 6 nitrogen and oxygen atoms in total. The molecule has 4 heterocycles. The minimum atomic E-state index is -0.199. The zero-order chi connectivity index (χ0) is 21.4. The van der Waals surface area contributed by atoms with E-state index in [2.05, 4.69) is 84.0 Å². The number of pyridine rings is 1. The first-order chi connectivity index (χ1) is 13.3. The van der Waals surface area contributed by atoms with Crippen LogP contribution >= 0.6 is 0 Å². The molecule has 0 aliphatic rings. The van der Waals surface area contributed by atoms with E-state index < -0.39 is 0 Å². The van der Waals surface area contributed by atoms with Gasteiger partial charge in [-0.25, -0.2) is 0 Å². The molecule has 0 aromatic carbocycles. The second-order valence-corrected chi connectivity index (χ2v) is 10.9. The molecule has 0 unspecified atom stereocenters. The maximum Gasteiger partial charge on any atom is 0.103 e. The Kier molecular flexibility index (Phi) is 5.32. The van der Waals surface area contributed by atoms with Crippen LogP contribution in [-0.4, -0.2) is 29.3 Å². The van der Waals surface area contributed by atoms with E-state index in [4.69, 9.17) is 19.9 Å². The first-order valence-electron chi connectivity index (χ1n) is 10.1. The SMILES string of the molecule is CC(C)(C)c1cc2nc3c4[c-]nc(C(C)(C)C)nc4nc(C(C)(C)C)n3c2cn1.[Ir]. The smallest absolute Gasteiger partial charge is 0.103 e.